The molecule has 1 aromatic carbocycles. The van der Waals surface area contributed by atoms with Gasteiger partial charge in [0.05, 0.1) is 0 Å². The molecule has 98 valence electrons. The van der Waals surface area contributed by atoms with Crippen molar-refractivity contribution in [2.45, 2.75) is 25.8 Å². The van der Waals surface area contributed by atoms with E-state index in [-0.39, 0.29) is 11.8 Å². The number of hydrogen-bond acceptors (Lipinski definition) is 2. The van der Waals surface area contributed by atoms with Gasteiger partial charge in [0.1, 0.15) is 0 Å². The van der Waals surface area contributed by atoms with Crippen LogP contribution in [0.15, 0.2) is 42.5 Å². The lowest BCUT2D eigenvalue weighted by molar-refractivity contribution is 0.365. The summed E-state index contributed by atoms with van der Waals surface area (Å²) in [5, 5.41) is 20.4. The molecule has 0 fully saturated rings. The molecule has 3 rings (SSSR count). The van der Waals surface area contributed by atoms with Crippen molar-refractivity contribution in [1.82, 2.24) is 4.57 Å². The van der Waals surface area contributed by atoms with Gasteiger partial charge in [-0.25, -0.2) is 0 Å². The summed E-state index contributed by atoms with van der Waals surface area (Å²) in [6.45, 7) is 0.592. The highest BCUT2D eigenvalue weighted by molar-refractivity contribution is 5.49. The molecule has 1 aromatic heterocycles. The monoisotopic (exact) mass is 255 g/mol. The van der Waals surface area contributed by atoms with E-state index in [9.17, 15) is 10.2 Å². The lowest BCUT2D eigenvalue weighted by Crippen LogP contribution is -2.00. The van der Waals surface area contributed by atoms with Gasteiger partial charge in [-0.15, -0.1) is 0 Å². The molecule has 1 aliphatic rings. The smallest absolute Gasteiger partial charge is 0.197 e. The molecule has 2 N–H and O–H groups in total. The van der Waals surface area contributed by atoms with E-state index in [0.29, 0.717) is 19.4 Å². The van der Waals surface area contributed by atoms with E-state index >= 15 is 0 Å². The largest absolute Gasteiger partial charge is 0.494 e. The van der Waals surface area contributed by atoms with E-state index in [1.165, 1.54) is 5.56 Å². The summed E-state index contributed by atoms with van der Waals surface area (Å²) in [4.78, 5) is 0. The lowest BCUT2D eigenvalue weighted by atomic mass is 10.0. The van der Waals surface area contributed by atoms with E-state index in [2.05, 4.69) is 12.1 Å². The van der Waals surface area contributed by atoms with Gasteiger partial charge < -0.3 is 10.2 Å². The Morgan fingerprint density at radius 3 is 2.05 bits per heavy atom. The molecule has 0 saturated heterocycles. The zero-order valence-electron chi connectivity index (χ0n) is 10.7. The highest BCUT2D eigenvalue weighted by atomic mass is 16.3. The predicted molar refractivity (Wildman–Crippen MR) is 74.5 cm³/mol. The van der Waals surface area contributed by atoms with E-state index in [1.54, 1.807) is 4.57 Å². The average Bonchev–Trinajstić information content (AvgIpc) is 2.71. The molecule has 2 aromatic rings. The van der Waals surface area contributed by atoms with Crippen molar-refractivity contribution < 1.29 is 10.2 Å². The number of fused-ring (bicyclic) bond motifs is 1. The minimum absolute atomic E-state index is 0.216. The summed E-state index contributed by atoms with van der Waals surface area (Å²) in [6.07, 6.45) is 6.26. The Kier molecular flexibility index (Phi) is 3.03. The van der Waals surface area contributed by atoms with Crippen LogP contribution < -0.4 is 0 Å². The van der Waals surface area contributed by atoms with Gasteiger partial charge >= 0.3 is 0 Å². The molecule has 1 heterocycles. The first-order valence-electron chi connectivity index (χ1n) is 6.58. The fourth-order valence-corrected chi connectivity index (χ4v) is 2.62. The first-order valence-corrected chi connectivity index (χ1v) is 6.58. The third-order valence-electron chi connectivity index (χ3n) is 3.69. The number of aromatic hydroxyl groups is 2. The fraction of sp³-hybridized carbons (Fsp3) is 0.250. The van der Waals surface area contributed by atoms with Gasteiger partial charge in [-0.3, -0.25) is 4.57 Å². The van der Waals surface area contributed by atoms with Crippen molar-refractivity contribution in [3.63, 3.8) is 0 Å². The first-order chi connectivity index (χ1) is 9.27. The molecule has 0 amide bonds. The minimum atomic E-state index is 0.216. The molecule has 3 heteroatoms. The van der Waals surface area contributed by atoms with Gasteiger partial charge in [0, 0.05) is 17.7 Å². The number of aromatic nitrogens is 1. The number of allylic oxidation sites excluding steroid dienone is 2. The Morgan fingerprint density at radius 1 is 0.895 bits per heavy atom. The maximum Gasteiger partial charge on any atom is 0.197 e. The van der Waals surface area contributed by atoms with Gasteiger partial charge in [-0.1, -0.05) is 42.5 Å². The van der Waals surface area contributed by atoms with Crippen molar-refractivity contribution in [2.24, 2.45) is 0 Å². The molecule has 19 heavy (non-hydrogen) atoms. The maximum absolute atomic E-state index is 10.2. The molecule has 0 saturated carbocycles. The normalized spacial score (nSPS) is 13.5. The van der Waals surface area contributed by atoms with Gasteiger partial charge in [0.25, 0.3) is 0 Å². The molecule has 0 unspecified atom stereocenters. The molecule has 0 radical (unpaired) electrons. The Balaban J connectivity index is 1.84. The van der Waals surface area contributed by atoms with E-state index < -0.39 is 0 Å². The van der Waals surface area contributed by atoms with Gasteiger partial charge in [-0.2, -0.15) is 0 Å². The van der Waals surface area contributed by atoms with Gasteiger partial charge in [0.2, 0.25) is 0 Å². The summed E-state index contributed by atoms with van der Waals surface area (Å²) in [5.74, 6) is 0.431. The van der Waals surface area contributed by atoms with Crippen LogP contribution in [-0.4, -0.2) is 14.8 Å². The summed E-state index contributed by atoms with van der Waals surface area (Å²) in [5.41, 5.74) is 2.94. The van der Waals surface area contributed by atoms with Crippen LogP contribution in [-0.2, 0) is 25.8 Å². The number of aryl methyl sites for hydroxylation is 1. The maximum atomic E-state index is 10.2. The zero-order valence-corrected chi connectivity index (χ0v) is 10.7. The van der Waals surface area contributed by atoms with Crippen LogP contribution >= 0.6 is 0 Å². The molecule has 1 aliphatic carbocycles. The number of hydrogen-bond donors (Lipinski definition) is 2. The summed E-state index contributed by atoms with van der Waals surface area (Å²) in [7, 11) is 0. The molecule has 3 nitrogen and oxygen atoms in total. The quantitative estimate of drug-likeness (QED) is 0.828. The van der Waals surface area contributed by atoms with Crippen molar-refractivity contribution in [2.75, 3.05) is 0 Å². The van der Waals surface area contributed by atoms with Crippen LogP contribution in [0.3, 0.4) is 0 Å². The van der Waals surface area contributed by atoms with Crippen molar-refractivity contribution in [3.05, 3.63) is 59.2 Å². The summed E-state index contributed by atoms with van der Waals surface area (Å²) in [6, 6.07) is 10.1. The number of nitrogens with zero attached hydrogens (tertiary/aromatic N) is 1. The SMILES string of the molecule is Oc1c2c(c(O)n1CCc1ccccc1)CC=CC2. The van der Waals surface area contributed by atoms with E-state index in [1.807, 2.05) is 30.4 Å². The summed E-state index contributed by atoms with van der Waals surface area (Å²) >= 11 is 0. The Bertz CT molecular complexity index is 580. The van der Waals surface area contributed by atoms with Crippen LogP contribution in [0, 0.1) is 0 Å². The topological polar surface area (TPSA) is 45.4 Å². The minimum Gasteiger partial charge on any atom is -0.494 e. The molecular formula is C16H17NO2. The van der Waals surface area contributed by atoms with Crippen LogP contribution in [0.2, 0.25) is 0 Å². The molecule has 0 spiro atoms. The molecule has 0 atom stereocenters. The Hall–Kier alpha value is -2.16. The van der Waals surface area contributed by atoms with E-state index in [0.717, 1.165) is 17.5 Å². The Labute approximate surface area is 112 Å². The highest BCUT2D eigenvalue weighted by Gasteiger charge is 2.22. The highest BCUT2D eigenvalue weighted by Crippen LogP contribution is 2.36. The third-order valence-corrected chi connectivity index (χ3v) is 3.69. The average molecular weight is 255 g/mol. The van der Waals surface area contributed by atoms with Crippen molar-refractivity contribution >= 4 is 0 Å². The molecular weight excluding hydrogens is 238 g/mol. The second kappa shape index (κ2) is 4.84. The standard InChI is InChI=1S/C16H17NO2/c18-15-13-8-4-5-9-14(13)16(19)17(15)11-10-12-6-2-1-3-7-12/h1-7,18-19H,8-11H2. The van der Waals surface area contributed by atoms with E-state index in [4.69, 9.17) is 0 Å². The number of benzene rings is 1. The van der Waals surface area contributed by atoms with Crippen LogP contribution in [0.5, 0.6) is 11.8 Å². The predicted octanol–water partition coefficient (Wildman–Crippen LogP) is 2.80. The van der Waals surface area contributed by atoms with Crippen LogP contribution in [0.25, 0.3) is 0 Å². The van der Waals surface area contributed by atoms with Gasteiger partial charge in [-0.05, 0) is 24.8 Å². The van der Waals surface area contributed by atoms with Gasteiger partial charge in [0.15, 0.2) is 11.8 Å². The fourth-order valence-electron chi connectivity index (χ4n) is 2.62. The number of rotatable bonds is 3. The Morgan fingerprint density at radius 2 is 1.47 bits per heavy atom. The first kappa shape index (κ1) is 11.9. The second-order valence-corrected chi connectivity index (χ2v) is 4.87. The second-order valence-electron chi connectivity index (χ2n) is 4.87. The van der Waals surface area contributed by atoms with Crippen molar-refractivity contribution in [1.29, 1.82) is 0 Å². The van der Waals surface area contributed by atoms with Crippen LogP contribution in [0.1, 0.15) is 16.7 Å². The third kappa shape index (κ3) is 2.12. The molecule has 0 bridgehead atoms. The van der Waals surface area contributed by atoms with Crippen LogP contribution in [0.4, 0.5) is 0 Å². The van der Waals surface area contributed by atoms with Crippen molar-refractivity contribution in [3.8, 4) is 11.8 Å². The lowest BCUT2D eigenvalue weighted by Gasteiger charge is -2.07. The molecule has 0 aliphatic heterocycles. The zero-order chi connectivity index (χ0) is 13.2. The summed E-state index contributed by atoms with van der Waals surface area (Å²) < 4.78 is 1.62.